The van der Waals surface area contributed by atoms with E-state index in [-0.39, 0.29) is 11.8 Å². The van der Waals surface area contributed by atoms with Gasteiger partial charge in [0.1, 0.15) is 5.52 Å². The first-order valence-electron chi connectivity index (χ1n) is 8.20. The summed E-state index contributed by atoms with van der Waals surface area (Å²) >= 11 is 0. The van der Waals surface area contributed by atoms with Crippen LogP contribution in [0, 0.1) is 5.92 Å². The molecule has 0 aromatic carbocycles. The molecule has 2 aromatic heterocycles. The van der Waals surface area contributed by atoms with E-state index in [2.05, 4.69) is 27.2 Å². The summed E-state index contributed by atoms with van der Waals surface area (Å²) in [6.07, 6.45) is 4.51. The molecule has 0 bridgehead atoms. The predicted molar refractivity (Wildman–Crippen MR) is 88.0 cm³/mol. The van der Waals surface area contributed by atoms with Gasteiger partial charge in [-0.2, -0.15) is 5.10 Å². The summed E-state index contributed by atoms with van der Waals surface area (Å²) in [5, 5.41) is 7.69. The monoisotopic (exact) mass is 316 g/mol. The van der Waals surface area contributed by atoms with Gasteiger partial charge in [0.15, 0.2) is 5.65 Å². The summed E-state index contributed by atoms with van der Waals surface area (Å²) in [6, 6.07) is 0. The van der Waals surface area contributed by atoms with Gasteiger partial charge in [-0.15, -0.1) is 0 Å². The summed E-state index contributed by atoms with van der Waals surface area (Å²) in [7, 11) is 2.13. The fourth-order valence-electron chi connectivity index (χ4n) is 3.00. The van der Waals surface area contributed by atoms with E-state index in [9.17, 15) is 4.79 Å². The maximum atomic E-state index is 11.7. The predicted octanol–water partition coefficient (Wildman–Crippen LogP) is 1.02. The molecule has 1 atom stereocenters. The highest BCUT2D eigenvalue weighted by Gasteiger charge is 2.27. The van der Waals surface area contributed by atoms with E-state index in [1.807, 2.05) is 18.5 Å². The minimum Gasteiger partial charge on any atom is -0.354 e. The van der Waals surface area contributed by atoms with Crippen molar-refractivity contribution in [3.63, 3.8) is 0 Å². The van der Waals surface area contributed by atoms with Crippen molar-refractivity contribution < 1.29 is 4.79 Å². The fraction of sp³-hybridized carbons (Fsp3) is 0.625. The molecule has 1 amide bonds. The SMILES string of the molecule is CC(C)C(=O)NCCn1nc(C2CCN(C)C2)c2nccnc21. The minimum absolute atomic E-state index is 0.00579. The van der Waals surface area contributed by atoms with Crippen LogP contribution in [0.15, 0.2) is 12.4 Å². The number of amides is 1. The van der Waals surface area contributed by atoms with Crippen LogP contribution in [0.5, 0.6) is 0 Å². The van der Waals surface area contributed by atoms with Crippen molar-refractivity contribution in [2.75, 3.05) is 26.7 Å². The molecule has 0 spiro atoms. The first-order chi connectivity index (χ1) is 11.1. The zero-order valence-corrected chi connectivity index (χ0v) is 14.0. The Morgan fingerprint density at radius 1 is 1.39 bits per heavy atom. The standard InChI is InChI=1S/C16H24N6O/c1-11(2)16(23)19-7-9-22-15-14(17-5-6-18-15)13(20-22)12-4-8-21(3)10-12/h5-6,11-12H,4,7-10H2,1-3H3,(H,19,23). The van der Waals surface area contributed by atoms with Crippen LogP contribution in [0.3, 0.4) is 0 Å². The minimum atomic E-state index is -0.00579. The lowest BCUT2D eigenvalue weighted by atomic mass is 10.0. The van der Waals surface area contributed by atoms with Crippen LogP contribution >= 0.6 is 0 Å². The molecule has 7 heteroatoms. The Morgan fingerprint density at radius 3 is 2.87 bits per heavy atom. The summed E-state index contributed by atoms with van der Waals surface area (Å²) in [5.74, 6) is 0.463. The van der Waals surface area contributed by atoms with Gasteiger partial charge >= 0.3 is 0 Å². The third-order valence-corrected chi connectivity index (χ3v) is 4.32. The van der Waals surface area contributed by atoms with Gasteiger partial charge in [0.25, 0.3) is 0 Å². The molecule has 1 aliphatic rings. The van der Waals surface area contributed by atoms with Crippen molar-refractivity contribution >= 4 is 17.1 Å². The van der Waals surface area contributed by atoms with E-state index in [4.69, 9.17) is 5.10 Å². The lowest BCUT2D eigenvalue weighted by molar-refractivity contribution is -0.124. The Bertz CT molecular complexity index is 695. The number of hydrogen-bond donors (Lipinski definition) is 1. The second kappa shape index (κ2) is 6.62. The van der Waals surface area contributed by atoms with Crippen LogP contribution in [-0.4, -0.2) is 57.2 Å². The van der Waals surface area contributed by atoms with Gasteiger partial charge in [-0.25, -0.2) is 14.6 Å². The first kappa shape index (κ1) is 15.9. The van der Waals surface area contributed by atoms with Crippen molar-refractivity contribution in [2.45, 2.75) is 32.7 Å². The lowest BCUT2D eigenvalue weighted by Crippen LogP contribution is -2.30. The van der Waals surface area contributed by atoms with Crippen LogP contribution in [-0.2, 0) is 11.3 Å². The number of likely N-dealkylation sites (tertiary alicyclic amines) is 1. The van der Waals surface area contributed by atoms with E-state index in [0.29, 0.717) is 19.0 Å². The van der Waals surface area contributed by atoms with Gasteiger partial charge < -0.3 is 10.2 Å². The Hall–Kier alpha value is -2.02. The van der Waals surface area contributed by atoms with E-state index in [1.165, 1.54) is 0 Å². The number of fused-ring (bicyclic) bond motifs is 1. The summed E-state index contributed by atoms with van der Waals surface area (Å²) in [5.41, 5.74) is 2.73. The summed E-state index contributed by atoms with van der Waals surface area (Å²) in [4.78, 5) is 22.9. The third kappa shape index (κ3) is 3.34. The van der Waals surface area contributed by atoms with Gasteiger partial charge in [0.05, 0.1) is 12.2 Å². The van der Waals surface area contributed by atoms with Crippen LogP contribution < -0.4 is 5.32 Å². The number of hydrogen-bond acceptors (Lipinski definition) is 5. The van der Waals surface area contributed by atoms with Crippen molar-refractivity contribution in [3.05, 3.63) is 18.1 Å². The lowest BCUT2D eigenvalue weighted by Gasteiger charge is -2.08. The Kier molecular flexibility index (Phi) is 4.56. The molecular formula is C16H24N6O. The largest absolute Gasteiger partial charge is 0.354 e. The van der Waals surface area contributed by atoms with E-state index < -0.39 is 0 Å². The highest BCUT2D eigenvalue weighted by molar-refractivity contribution is 5.77. The quantitative estimate of drug-likeness (QED) is 0.891. The second-order valence-electron chi connectivity index (χ2n) is 6.53. The number of rotatable bonds is 5. The average molecular weight is 316 g/mol. The zero-order valence-electron chi connectivity index (χ0n) is 14.0. The van der Waals surface area contributed by atoms with E-state index in [1.54, 1.807) is 12.4 Å². The number of likely N-dealkylation sites (N-methyl/N-ethyl adjacent to an activating group) is 1. The highest BCUT2D eigenvalue weighted by Crippen LogP contribution is 2.29. The molecule has 1 fully saturated rings. The second-order valence-corrected chi connectivity index (χ2v) is 6.53. The average Bonchev–Trinajstić information content (AvgIpc) is 3.11. The molecule has 23 heavy (non-hydrogen) atoms. The molecule has 0 aliphatic carbocycles. The molecule has 2 aromatic rings. The Balaban J connectivity index is 1.79. The number of aromatic nitrogens is 4. The molecule has 1 unspecified atom stereocenters. The van der Waals surface area contributed by atoms with Crippen LogP contribution in [0.4, 0.5) is 0 Å². The maximum absolute atomic E-state index is 11.7. The molecule has 124 valence electrons. The van der Waals surface area contributed by atoms with Gasteiger partial charge in [0, 0.05) is 37.3 Å². The molecule has 0 saturated carbocycles. The maximum Gasteiger partial charge on any atom is 0.222 e. The molecule has 3 rings (SSSR count). The van der Waals surface area contributed by atoms with Crippen molar-refractivity contribution in [1.29, 1.82) is 0 Å². The van der Waals surface area contributed by atoms with E-state index in [0.717, 1.165) is 36.4 Å². The molecule has 1 N–H and O–H groups in total. The van der Waals surface area contributed by atoms with Crippen LogP contribution in [0.1, 0.15) is 31.9 Å². The number of nitrogens with one attached hydrogen (secondary N) is 1. The first-order valence-corrected chi connectivity index (χ1v) is 8.20. The molecule has 1 aliphatic heterocycles. The number of carbonyl (C=O) groups excluding carboxylic acids is 1. The van der Waals surface area contributed by atoms with Gasteiger partial charge in [-0.05, 0) is 20.0 Å². The molecular weight excluding hydrogens is 292 g/mol. The Labute approximate surface area is 136 Å². The number of carbonyl (C=O) groups is 1. The van der Waals surface area contributed by atoms with Crippen molar-refractivity contribution in [2.24, 2.45) is 5.92 Å². The molecule has 7 nitrogen and oxygen atoms in total. The van der Waals surface area contributed by atoms with Crippen LogP contribution in [0.25, 0.3) is 11.2 Å². The van der Waals surface area contributed by atoms with Crippen LogP contribution in [0.2, 0.25) is 0 Å². The zero-order chi connectivity index (χ0) is 16.4. The van der Waals surface area contributed by atoms with Crippen molar-refractivity contribution in [1.82, 2.24) is 30.0 Å². The molecule has 1 saturated heterocycles. The fourth-order valence-corrected chi connectivity index (χ4v) is 3.00. The van der Waals surface area contributed by atoms with E-state index >= 15 is 0 Å². The Morgan fingerprint density at radius 2 is 2.17 bits per heavy atom. The molecule has 0 radical (unpaired) electrons. The normalized spacial score (nSPS) is 18.9. The van der Waals surface area contributed by atoms with Gasteiger partial charge in [-0.3, -0.25) is 4.79 Å². The summed E-state index contributed by atoms with van der Waals surface area (Å²) in [6.45, 7) is 7.03. The smallest absolute Gasteiger partial charge is 0.222 e. The highest BCUT2D eigenvalue weighted by atomic mass is 16.1. The van der Waals surface area contributed by atoms with Crippen molar-refractivity contribution in [3.8, 4) is 0 Å². The number of nitrogens with zero attached hydrogens (tertiary/aromatic N) is 5. The van der Waals surface area contributed by atoms with Gasteiger partial charge in [-0.1, -0.05) is 13.8 Å². The topological polar surface area (TPSA) is 75.9 Å². The molecule has 3 heterocycles. The van der Waals surface area contributed by atoms with Gasteiger partial charge in [0.2, 0.25) is 5.91 Å². The third-order valence-electron chi connectivity index (χ3n) is 4.32. The summed E-state index contributed by atoms with van der Waals surface area (Å²) < 4.78 is 1.87.